The van der Waals surface area contributed by atoms with Gasteiger partial charge in [0.2, 0.25) is 0 Å². The summed E-state index contributed by atoms with van der Waals surface area (Å²) in [4.78, 5) is 33.2. The van der Waals surface area contributed by atoms with Crippen LogP contribution in [0.4, 0.5) is 0 Å². The Bertz CT molecular complexity index is 1320. The molecule has 0 unspecified atom stereocenters. The lowest BCUT2D eigenvalue weighted by atomic mass is 9.94. The Balaban J connectivity index is 1.28. The molecule has 0 bridgehead atoms. The lowest BCUT2D eigenvalue weighted by Gasteiger charge is -2.32. The number of rotatable bonds is 6. The highest BCUT2D eigenvalue weighted by molar-refractivity contribution is 5.94. The van der Waals surface area contributed by atoms with Crippen molar-refractivity contribution in [2.45, 2.75) is 25.2 Å². The van der Waals surface area contributed by atoms with E-state index in [0.29, 0.717) is 18.5 Å². The summed E-state index contributed by atoms with van der Waals surface area (Å²) in [5.74, 6) is 0.984. The van der Waals surface area contributed by atoms with E-state index in [1.165, 1.54) is 0 Å². The maximum atomic E-state index is 13.3. The number of pyridine rings is 1. The SMILES string of the molecule is COc1ccccc1Cc1ccc(C(=O)N2CCC[C@H](c3cncc(-c4cncn4C)n3)C2)cn1. The van der Waals surface area contributed by atoms with Crippen molar-refractivity contribution in [2.24, 2.45) is 7.05 Å². The average molecular weight is 469 g/mol. The summed E-state index contributed by atoms with van der Waals surface area (Å²) in [5.41, 5.74) is 5.18. The molecule has 178 valence electrons. The maximum Gasteiger partial charge on any atom is 0.255 e. The van der Waals surface area contributed by atoms with E-state index >= 15 is 0 Å². The smallest absolute Gasteiger partial charge is 0.255 e. The third-order valence-electron chi connectivity index (χ3n) is 6.49. The second-order valence-electron chi connectivity index (χ2n) is 8.84. The highest BCUT2D eigenvalue weighted by Gasteiger charge is 2.27. The number of aromatic nitrogens is 5. The fraction of sp³-hybridized carbons (Fsp3) is 0.296. The number of nitrogens with zero attached hydrogens (tertiary/aromatic N) is 6. The number of imidazole rings is 1. The second kappa shape index (κ2) is 10.0. The number of aryl methyl sites for hydroxylation is 1. The van der Waals surface area contributed by atoms with Crippen molar-refractivity contribution in [1.29, 1.82) is 0 Å². The number of carbonyl (C=O) groups excluding carboxylic acids is 1. The summed E-state index contributed by atoms with van der Waals surface area (Å²) in [5, 5.41) is 0. The highest BCUT2D eigenvalue weighted by Crippen LogP contribution is 2.28. The van der Waals surface area contributed by atoms with Crippen molar-refractivity contribution >= 4 is 5.91 Å². The molecule has 0 saturated carbocycles. The van der Waals surface area contributed by atoms with Crippen LogP contribution in [-0.2, 0) is 13.5 Å². The summed E-state index contributed by atoms with van der Waals surface area (Å²) in [6, 6.07) is 11.7. The van der Waals surface area contributed by atoms with E-state index in [9.17, 15) is 4.79 Å². The van der Waals surface area contributed by atoms with Gasteiger partial charge in [-0.05, 0) is 31.0 Å². The zero-order valence-corrected chi connectivity index (χ0v) is 20.0. The van der Waals surface area contributed by atoms with Crippen LogP contribution >= 0.6 is 0 Å². The average Bonchev–Trinajstić information content (AvgIpc) is 3.35. The molecule has 1 fully saturated rings. The van der Waals surface area contributed by atoms with E-state index in [2.05, 4.69) is 15.0 Å². The van der Waals surface area contributed by atoms with Crippen LogP contribution in [0, 0.1) is 0 Å². The lowest BCUT2D eigenvalue weighted by Crippen LogP contribution is -2.39. The number of likely N-dealkylation sites (tertiary alicyclic amines) is 1. The van der Waals surface area contributed by atoms with E-state index in [-0.39, 0.29) is 11.8 Å². The van der Waals surface area contributed by atoms with Crippen molar-refractivity contribution < 1.29 is 9.53 Å². The van der Waals surface area contributed by atoms with Gasteiger partial charge in [-0.25, -0.2) is 9.97 Å². The number of carbonyl (C=O) groups is 1. The zero-order valence-electron chi connectivity index (χ0n) is 20.0. The van der Waals surface area contributed by atoms with Gasteiger partial charge in [-0.1, -0.05) is 18.2 Å². The summed E-state index contributed by atoms with van der Waals surface area (Å²) >= 11 is 0. The van der Waals surface area contributed by atoms with Gasteiger partial charge in [0.15, 0.2) is 0 Å². The number of hydrogen-bond donors (Lipinski definition) is 0. The van der Waals surface area contributed by atoms with Crippen LogP contribution < -0.4 is 4.74 Å². The van der Waals surface area contributed by atoms with E-state index < -0.39 is 0 Å². The van der Waals surface area contributed by atoms with Gasteiger partial charge in [-0.15, -0.1) is 0 Å². The first-order valence-electron chi connectivity index (χ1n) is 11.8. The molecule has 1 aliphatic heterocycles. The van der Waals surface area contributed by atoms with Gasteiger partial charge in [0, 0.05) is 56.1 Å². The van der Waals surface area contributed by atoms with Crippen molar-refractivity contribution in [3.63, 3.8) is 0 Å². The van der Waals surface area contributed by atoms with Gasteiger partial charge in [0.05, 0.1) is 42.8 Å². The Morgan fingerprint density at radius 1 is 1.09 bits per heavy atom. The van der Waals surface area contributed by atoms with E-state index in [1.54, 1.807) is 32.0 Å². The third-order valence-corrected chi connectivity index (χ3v) is 6.49. The van der Waals surface area contributed by atoms with Crippen molar-refractivity contribution in [1.82, 2.24) is 29.4 Å². The highest BCUT2D eigenvalue weighted by atomic mass is 16.5. The van der Waals surface area contributed by atoms with E-state index in [4.69, 9.17) is 9.72 Å². The van der Waals surface area contributed by atoms with Crippen LogP contribution in [0.2, 0.25) is 0 Å². The minimum absolute atomic E-state index is 0.00166. The predicted octanol–water partition coefficient (Wildman–Crippen LogP) is 3.89. The topological polar surface area (TPSA) is 86.0 Å². The first-order valence-corrected chi connectivity index (χ1v) is 11.8. The Morgan fingerprint density at radius 3 is 2.74 bits per heavy atom. The number of para-hydroxylation sites is 1. The first-order chi connectivity index (χ1) is 17.1. The van der Waals surface area contributed by atoms with Crippen molar-refractivity contribution in [3.05, 3.63) is 90.0 Å². The molecule has 1 aromatic carbocycles. The van der Waals surface area contributed by atoms with Gasteiger partial charge in [0.1, 0.15) is 11.4 Å². The van der Waals surface area contributed by atoms with Crippen molar-refractivity contribution in [2.75, 3.05) is 20.2 Å². The number of ether oxygens (including phenoxy) is 1. The fourth-order valence-electron chi connectivity index (χ4n) is 4.59. The molecule has 4 heterocycles. The van der Waals surface area contributed by atoms with Crippen LogP contribution in [-0.4, -0.2) is 55.5 Å². The Kier molecular flexibility index (Phi) is 6.52. The molecule has 0 aliphatic carbocycles. The van der Waals surface area contributed by atoms with Gasteiger partial charge in [-0.2, -0.15) is 0 Å². The standard InChI is InChI=1S/C27H28N6O2/c1-32-18-29-16-25(32)24-15-28-14-23(31-24)21-7-5-11-33(17-21)27(34)20-9-10-22(30-13-20)12-19-6-3-4-8-26(19)35-2/h3-4,6,8-10,13-16,18,21H,5,7,11-12,17H2,1-2H3/t21-/m0/s1. The molecule has 0 N–H and O–H groups in total. The molecule has 8 heteroatoms. The molecule has 3 aromatic heterocycles. The molecule has 0 spiro atoms. The van der Waals surface area contributed by atoms with Crippen LogP contribution in [0.25, 0.3) is 11.4 Å². The maximum absolute atomic E-state index is 13.3. The van der Waals surface area contributed by atoms with Gasteiger partial charge < -0.3 is 14.2 Å². The third kappa shape index (κ3) is 4.91. The van der Waals surface area contributed by atoms with Crippen LogP contribution in [0.15, 0.2) is 67.5 Å². The molecule has 1 saturated heterocycles. The molecular weight excluding hydrogens is 440 g/mol. The zero-order chi connectivity index (χ0) is 24.2. The molecule has 4 aromatic rings. The van der Waals surface area contributed by atoms with Gasteiger partial charge in [0.25, 0.3) is 5.91 Å². The summed E-state index contributed by atoms with van der Waals surface area (Å²) < 4.78 is 7.36. The quantitative estimate of drug-likeness (QED) is 0.427. The molecular formula is C27H28N6O2. The number of amides is 1. The number of piperidine rings is 1. The Hall–Kier alpha value is -4.07. The van der Waals surface area contributed by atoms with E-state index in [1.807, 2.05) is 59.1 Å². The molecule has 35 heavy (non-hydrogen) atoms. The van der Waals surface area contributed by atoms with Gasteiger partial charge >= 0.3 is 0 Å². The first kappa shape index (κ1) is 22.7. The monoisotopic (exact) mass is 468 g/mol. The van der Waals surface area contributed by atoms with Crippen molar-refractivity contribution in [3.8, 4) is 17.1 Å². The molecule has 1 aliphatic rings. The molecule has 8 nitrogen and oxygen atoms in total. The number of benzene rings is 1. The predicted molar refractivity (Wildman–Crippen MR) is 132 cm³/mol. The van der Waals surface area contributed by atoms with Gasteiger partial charge in [-0.3, -0.25) is 14.8 Å². The molecule has 5 rings (SSSR count). The second-order valence-corrected chi connectivity index (χ2v) is 8.84. The van der Waals surface area contributed by atoms with Crippen LogP contribution in [0.3, 0.4) is 0 Å². The Morgan fingerprint density at radius 2 is 1.97 bits per heavy atom. The van der Waals surface area contributed by atoms with E-state index in [0.717, 1.165) is 53.5 Å². The molecule has 1 atom stereocenters. The molecule has 0 radical (unpaired) electrons. The minimum atomic E-state index is 0.00166. The summed E-state index contributed by atoms with van der Waals surface area (Å²) in [6.45, 7) is 1.35. The summed E-state index contributed by atoms with van der Waals surface area (Å²) in [6.07, 6.45) is 11.3. The normalized spacial score (nSPS) is 15.7. The molecule has 1 amide bonds. The fourth-order valence-corrected chi connectivity index (χ4v) is 4.59. The number of hydrogen-bond acceptors (Lipinski definition) is 6. The van der Waals surface area contributed by atoms with Crippen LogP contribution in [0.5, 0.6) is 5.75 Å². The van der Waals surface area contributed by atoms with Crippen LogP contribution in [0.1, 0.15) is 46.1 Å². The minimum Gasteiger partial charge on any atom is -0.496 e. The number of methoxy groups -OCH3 is 1. The lowest BCUT2D eigenvalue weighted by molar-refractivity contribution is 0.0705. The summed E-state index contributed by atoms with van der Waals surface area (Å²) in [7, 11) is 3.61. The Labute approximate surface area is 204 Å². The largest absolute Gasteiger partial charge is 0.496 e.